The first-order valence-corrected chi connectivity index (χ1v) is 13.6. The zero-order valence-corrected chi connectivity index (χ0v) is 21.6. The highest BCUT2D eigenvalue weighted by Gasteiger charge is 2.39. The Kier molecular flexibility index (Phi) is 9.01. The van der Waals surface area contributed by atoms with E-state index >= 15 is 0 Å². The van der Waals surface area contributed by atoms with Crippen LogP contribution in [-0.4, -0.2) is 13.4 Å². The average molecular weight is 471 g/mol. The van der Waals surface area contributed by atoms with Crippen molar-refractivity contribution in [2.75, 3.05) is 7.11 Å². The molecule has 2 nitrogen and oxygen atoms in total. The number of benzene rings is 2. The number of allylic oxidation sites excluding steroid dienone is 4. The summed E-state index contributed by atoms with van der Waals surface area (Å²) in [5.41, 5.74) is 4.38. The first-order valence-electron chi connectivity index (χ1n) is 13.6. The van der Waals surface area contributed by atoms with Gasteiger partial charge in [-0.3, -0.25) is 0 Å². The molecular weight excluding hydrogens is 428 g/mol. The third-order valence-electron chi connectivity index (χ3n) is 8.40. The molecule has 0 bridgehead atoms. The van der Waals surface area contributed by atoms with Gasteiger partial charge in [0, 0.05) is 11.3 Å². The largest absolute Gasteiger partial charge is 0.497 e. The smallest absolute Gasteiger partial charge is 0.123 e. The Bertz CT molecular complexity index is 979. The van der Waals surface area contributed by atoms with E-state index in [2.05, 4.69) is 79.8 Å². The fourth-order valence-corrected chi connectivity index (χ4v) is 6.39. The highest BCUT2D eigenvalue weighted by molar-refractivity contribution is 5.53. The Morgan fingerprint density at radius 2 is 1.60 bits per heavy atom. The Balaban J connectivity index is 0.000000356. The molecule has 0 aromatic heterocycles. The molecule has 3 aliphatic carbocycles. The van der Waals surface area contributed by atoms with Gasteiger partial charge in [-0.15, -0.1) is 0 Å². The van der Waals surface area contributed by atoms with Crippen molar-refractivity contribution in [1.29, 1.82) is 0 Å². The molecule has 0 N–H and O–H groups in total. The highest BCUT2D eigenvalue weighted by Crippen LogP contribution is 2.49. The molecule has 2 saturated carbocycles. The molecular formula is C33H42O2. The molecule has 2 aromatic carbocycles. The Morgan fingerprint density at radius 3 is 2.17 bits per heavy atom. The van der Waals surface area contributed by atoms with E-state index in [0.29, 0.717) is 11.8 Å². The number of hydrogen-bond donors (Lipinski definition) is 0. The van der Waals surface area contributed by atoms with Crippen molar-refractivity contribution >= 4 is 6.29 Å². The molecule has 3 atom stereocenters. The second-order valence-corrected chi connectivity index (χ2v) is 10.9. The second-order valence-electron chi connectivity index (χ2n) is 10.9. The summed E-state index contributed by atoms with van der Waals surface area (Å²) in [5, 5.41) is 0. The van der Waals surface area contributed by atoms with Gasteiger partial charge in [0.1, 0.15) is 12.0 Å². The van der Waals surface area contributed by atoms with Crippen LogP contribution in [0.1, 0.15) is 80.9 Å². The lowest BCUT2D eigenvalue weighted by atomic mass is 9.61. The van der Waals surface area contributed by atoms with Crippen molar-refractivity contribution in [3.05, 3.63) is 89.5 Å². The van der Waals surface area contributed by atoms with Gasteiger partial charge in [0.05, 0.1) is 7.11 Å². The number of rotatable bonds is 6. The molecule has 0 amide bonds. The summed E-state index contributed by atoms with van der Waals surface area (Å²) in [5.74, 6) is 2.84. The van der Waals surface area contributed by atoms with E-state index in [0.717, 1.165) is 30.8 Å². The van der Waals surface area contributed by atoms with Gasteiger partial charge in [-0.1, -0.05) is 91.9 Å². The minimum Gasteiger partial charge on any atom is -0.497 e. The molecule has 5 rings (SSSR count). The lowest BCUT2D eigenvalue weighted by molar-refractivity contribution is -0.110. The van der Waals surface area contributed by atoms with Crippen LogP contribution in [0.5, 0.6) is 5.75 Å². The Labute approximate surface area is 212 Å². The topological polar surface area (TPSA) is 26.3 Å². The molecule has 0 heterocycles. The van der Waals surface area contributed by atoms with E-state index in [1.807, 2.05) is 0 Å². The summed E-state index contributed by atoms with van der Waals surface area (Å²) >= 11 is 0. The summed E-state index contributed by atoms with van der Waals surface area (Å²) in [6, 6.07) is 18.1. The van der Waals surface area contributed by atoms with Crippen molar-refractivity contribution in [1.82, 2.24) is 0 Å². The monoisotopic (exact) mass is 470 g/mol. The molecule has 3 unspecified atom stereocenters. The van der Waals surface area contributed by atoms with Crippen molar-refractivity contribution in [3.8, 4) is 5.75 Å². The SMILES string of the molecule is COc1ccc(C2(c3ccc(C)cc3)CCCC(CC3C=CC=CC3)C2)cc1.O=CC1CCCC1. The maximum absolute atomic E-state index is 10.0. The van der Waals surface area contributed by atoms with Crippen LogP contribution in [0.2, 0.25) is 0 Å². The molecule has 2 heteroatoms. The van der Waals surface area contributed by atoms with E-state index in [-0.39, 0.29) is 5.41 Å². The maximum Gasteiger partial charge on any atom is 0.123 e. The number of methoxy groups -OCH3 is 1. The zero-order chi connectivity index (χ0) is 24.5. The molecule has 186 valence electrons. The predicted molar refractivity (Wildman–Crippen MR) is 146 cm³/mol. The average Bonchev–Trinajstić information content (AvgIpc) is 3.44. The van der Waals surface area contributed by atoms with Crippen LogP contribution in [0, 0.1) is 24.7 Å². The van der Waals surface area contributed by atoms with Crippen LogP contribution >= 0.6 is 0 Å². The molecule has 2 fully saturated rings. The summed E-state index contributed by atoms with van der Waals surface area (Å²) < 4.78 is 5.42. The number of ether oxygens (including phenoxy) is 1. The highest BCUT2D eigenvalue weighted by atomic mass is 16.5. The molecule has 0 aliphatic heterocycles. The fraction of sp³-hybridized carbons (Fsp3) is 0.485. The standard InChI is InChI=1S/C27H32O.C6H10O/c1-21-10-12-24(13-11-21)27(25-14-16-26(28-2)17-15-25)18-6-9-23(20-27)19-22-7-4-3-5-8-22;7-5-6-3-1-2-4-6/h3-5,7,10-17,22-23H,6,8-9,18-20H2,1-2H3;5-6H,1-4H2. The van der Waals surface area contributed by atoms with Gasteiger partial charge in [-0.2, -0.15) is 0 Å². The molecule has 0 radical (unpaired) electrons. The van der Waals surface area contributed by atoms with Crippen molar-refractivity contribution in [2.24, 2.45) is 17.8 Å². The summed E-state index contributed by atoms with van der Waals surface area (Å²) in [7, 11) is 1.74. The first kappa shape index (κ1) is 25.5. The molecule has 0 spiro atoms. The Morgan fingerprint density at radius 1 is 0.914 bits per heavy atom. The molecule has 0 saturated heterocycles. The minimum absolute atomic E-state index is 0.122. The van der Waals surface area contributed by atoms with Crippen LogP contribution in [0.15, 0.2) is 72.8 Å². The summed E-state index contributed by atoms with van der Waals surface area (Å²) in [4.78, 5) is 10.0. The first-order chi connectivity index (χ1) is 17.1. The van der Waals surface area contributed by atoms with Crippen molar-refractivity contribution in [3.63, 3.8) is 0 Å². The maximum atomic E-state index is 10.0. The normalized spacial score (nSPS) is 26.1. The Hall–Kier alpha value is -2.61. The van der Waals surface area contributed by atoms with E-state index < -0.39 is 0 Å². The number of hydrogen-bond acceptors (Lipinski definition) is 2. The quantitative estimate of drug-likeness (QED) is 0.396. The fourth-order valence-electron chi connectivity index (χ4n) is 6.39. The van der Waals surface area contributed by atoms with Gasteiger partial charge in [0.2, 0.25) is 0 Å². The number of aldehydes is 1. The van der Waals surface area contributed by atoms with Crippen molar-refractivity contribution in [2.45, 2.75) is 76.5 Å². The number of carbonyl (C=O) groups is 1. The molecule has 2 aromatic rings. The van der Waals surface area contributed by atoms with Crippen LogP contribution in [0.25, 0.3) is 0 Å². The van der Waals surface area contributed by atoms with Crippen LogP contribution in [0.3, 0.4) is 0 Å². The van der Waals surface area contributed by atoms with Crippen LogP contribution in [0.4, 0.5) is 0 Å². The third-order valence-corrected chi connectivity index (χ3v) is 8.40. The summed E-state index contributed by atoms with van der Waals surface area (Å²) in [6.07, 6.45) is 22.7. The van der Waals surface area contributed by atoms with E-state index in [4.69, 9.17) is 4.74 Å². The lowest BCUT2D eigenvalue weighted by Gasteiger charge is -2.43. The predicted octanol–water partition coefficient (Wildman–Crippen LogP) is 8.38. The number of carbonyl (C=O) groups excluding carboxylic acids is 1. The molecule has 35 heavy (non-hydrogen) atoms. The third kappa shape index (κ3) is 6.54. The number of aryl methyl sites for hydroxylation is 1. The van der Waals surface area contributed by atoms with Gasteiger partial charge >= 0.3 is 0 Å². The van der Waals surface area contributed by atoms with Crippen LogP contribution in [-0.2, 0) is 10.2 Å². The van der Waals surface area contributed by atoms with Gasteiger partial charge in [0.25, 0.3) is 0 Å². The lowest BCUT2D eigenvalue weighted by Crippen LogP contribution is -2.35. The van der Waals surface area contributed by atoms with Gasteiger partial charge in [-0.25, -0.2) is 0 Å². The van der Waals surface area contributed by atoms with Gasteiger partial charge in [0.15, 0.2) is 0 Å². The van der Waals surface area contributed by atoms with E-state index in [9.17, 15) is 4.79 Å². The van der Waals surface area contributed by atoms with Gasteiger partial charge < -0.3 is 9.53 Å². The van der Waals surface area contributed by atoms with Gasteiger partial charge in [-0.05, 0) is 80.5 Å². The van der Waals surface area contributed by atoms with E-state index in [1.54, 1.807) is 7.11 Å². The second kappa shape index (κ2) is 12.4. The zero-order valence-electron chi connectivity index (χ0n) is 21.6. The van der Waals surface area contributed by atoms with E-state index in [1.165, 1.54) is 68.1 Å². The van der Waals surface area contributed by atoms with Crippen molar-refractivity contribution < 1.29 is 9.53 Å². The minimum atomic E-state index is 0.122. The summed E-state index contributed by atoms with van der Waals surface area (Å²) in [6.45, 7) is 2.18. The molecule has 3 aliphatic rings. The van der Waals surface area contributed by atoms with Crippen LogP contribution < -0.4 is 4.74 Å².